The molecular weight excluding hydrogens is 466 g/mol. The molecule has 8 heteroatoms. The second-order valence-corrected chi connectivity index (χ2v) is 9.36. The molecule has 0 unspecified atom stereocenters. The van der Waals surface area contributed by atoms with Crippen LogP contribution in [0.3, 0.4) is 0 Å². The van der Waals surface area contributed by atoms with E-state index in [0.717, 1.165) is 31.2 Å². The number of hydrogen-bond donors (Lipinski definition) is 1. The molecule has 2 amide bonds. The Bertz CT molecular complexity index is 1360. The van der Waals surface area contributed by atoms with Crippen LogP contribution in [0.4, 0.5) is 5.69 Å². The normalized spacial score (nSPS) is 14.7. The quantitative estimate of drug-likeness (QED) is 0.382. The molecule has 1 N–H and O–H groups in total. The van der Waals surface area contributed by atoms with E-state index in [-0.39, 0.29) is 24.4 Å². The summed E-state index contributed by atoms with van der Waals surface area (Å²) in [7, 11) is 1.59. The molecule has 0 radical (unpaired) electrons. The van der Waals surface area contributed by atoms with Crippen LogP contribution in [0.25, 0.3) is 11.0 Å². The minimum Gasteiger partial charge on any atom is -0.497 e. The van der Waals surface area contributed by atoms with Crippen molar-refractivity contribution in [3.8, 4) is 5.75 Å². The SMILES string of the molecule is COc1cccc([C@H](C(=O)NC2CCCCC2)N(C(=O)Cn2nnc3ccccc32)c2ccccc2)c1. The molecule has 0 bridgehead atoms. The summed E-state index contributed by atoms with van der Waals surface area (Å²) in [4.78, 5) is 29.6. The highest BCUT2D eigenvalue weighted by molar-refractivity contribution is 6.01. The predicted molar refractivity (Wildman–Crippen MR) is 142 cm³/mol. The summed E-state index contributed by atoms with van der Waals surface area (Å²) in [5, 5.41) is 11.6. The van der Waals surface area contributed by atoms with E-state index in [1.54, 1.807) is 16.7 Å². The number of ether oxygens (including phenoxy) is 1. The maximum absolute atomic E-state index is 14.0. The second kappa shape index (κ2) is 11.2. The molecule has 0 aliphatic heterocycles. The Hall–Kier alpha value is -4.20. The minimum atomic E-state index is -0.887. The molecule has 37 heavy (non-hydrogen) atoms. The van der Waals surface area contributed by atoms with Crippen LogP contribution in [0.5, 0.6) is 5.75 Å². The van der Waals surface area contributed by atoms with Gasteiger partial charge in [-0.3, -0.25) is 14.5 Å². The first-order chi connectivity index (χ1) is 18.1. The lowest BCUT2D eigenvalue weighted by Gasteiger charge is -2.33. The first-order valence-corrected chi connectivity index (χ1v) is 12.7. The highest BCUT2D eigenvalue weighted by Crippen LogP contribution is 2.31. The number of aromatic nitrogens is 3. The number of carbonyl (C=O) groups is 2. The summed E-state index contributed by atoms with van der Waals surface area (Å²) in [5.41, 5.74) is 2.77. The van der Waals surface area contributed by atoms with E-state index in [2.05, 4.69) is 15.6 Å². The van der Waals surface area contributed by atoms with Gasteiger partial charge in [0.05, 0.1) is 12.6 Å². The molecule has 4 aromatic rings. The van der Waals surface area contributed by atoms with Crippen LogP contribution in [-0.4, -0.2) is 40.0 Å². The summed E-state index contributed by atoms with van der Waals surface area (Å²) in [6.07, 6.45) is 5.26. The zero-order chi connectivity index (χ0) is 25.6. The number of anilines is 1. The van der Waals surface area contributed by atoms with Crippen LogP contribution in [0.15, 0.2) is 78.9 Å². The lowest BCUT2D eigenvalue weighted by Crippen LogP contribution is -2.48. The second-order valence-electron chi connectivity index (χ2n) is 9.36. The van der Waals surface area contributed by atoms with Crippen LogP contribution in [0.1, 0.15) is 43.7 Å². The van der Waals surface area contributed by atoms with Crippen molar-refractivity contribution in [2.75, 3.05) is 12.0 Å². The third kappa shape index (κ3) is 5.48. The van der Waals surface area contributed by atoms with Crippen molar-refractivity contribution in [1.29, 1.82) is 0 Å². The summed E-state index contributed by atoms with van der Waals surface area (Å²) in [6.45, 7) is -0.0629. The molecule has 0 spiro atoms. The molecule has 1 aliphatic carbocycles. The fourth-order valence-corrected chi connectivity index (χ4v) is 5.02. The number of nitrogens with zero attached hydrogens (tertiary/aromatic N) is 4. The fraction of sp³-hybridized carbons (Fsp3) is 0.310. The van der Waals surface area contributed by atoms with Gasteiger partial charge in [-0.05, 0) is 54.8 Å². The molecule has 1 heterocycles. The number of nitrogens with one attached hydrogen (secondary N) is 1. The average molecular weight is 498 g/mol. The van der Waals surface area contributed by atoms with Gasteiger partial charge in [-0.15, -0.1) is 5.10 Å². The number of para-hydroxylation sites is 2. The van der Waals surface area contributed by atoms with Gasteiger partial charge < -0.3 is 10.1 Å². The Morgan fingerprint density at radius 1 is 1.00 bits per heavy atom. The highest BCUT2D eigenvalue weighted by atomic mass is 16.5. The summed E-state index contributed by atoms with van der Waals surface area (Å²) >= 11 is 0. The number of rotatable bonds is 8. The topological polar surface area (TPSA) is 89.4 Å². The molecular formula is C29H31N5O3. The van der Waals surface area contributed by atoms with Crippen molar-refractivity contribution in [2.45, 2.75) is 50.7 Å². The largest absolute Gasteiger partial charge is 0.497 e. The molecule has 1 saturated carbocycles. The molecule has 8 nitrogen and oxygen atoms in total. The number of fused-ring (bicyclic) bond motifs is 1. The van der Waals surface area contributed by atoms with E-state index < -0.39 is 6.04 Å². The third-order valence-corrected chi connectivity index (χ3v) is 6.88. The first-order valence-electron chi connectivity index (χ1n) is 12.7. The molecule has 3 aromatic carbocycles. The molecule has 5 rings (SSSR count). The smallest absolute Gasteiger partial charge is 0.249 e. The average Bonchev–Trinajstić information content (AvgIpc) is 3.35. The van der Waals surface area contributed by atoms with Gasteiger partial charge in [0.25, 0.3) is 0 Å². The lowest BCUT2D eigenvalue weighted by molar-refractivity contribution is -0.127. The van der Waals surface area contributed by atoms with Gasteiger partial charge in [-0.25, -0.2) is 4.68 Å². The van der Waals surface area contributed by atoms with Crippen LogP contribution < -0.4 is 15.0 Å². The van der Waals surface area contributed by atoms with Crippen molar-refractivity contribution in [2.24, 2.45) is 0 Å². The lowest BCUT2D eigenvalue weighted by atomic mass is 9.94. The molecule has 0 saturated heterocycles. The van der Waals surface area contributed by atoms with Crippen LogP contribution in [-0.2, 0) is 16.1 Å². The van der Waals surface area contributed by atoms with Gasteiger partial charge in [0.2, 0.25) is 11.8 Å². The van der Waals surface area contributed by atoms with E-state index in [4.69, 9.17) is 4.74 Å². The zero-order valence-electron chi connectivity index (χ0n) is 20.9. The van der Waals surface area contributed by atoms with Gasteiger partial charge in [0.15, 0.2) is 0 Å². The van der Waals surface area contributed by atoms with Gasteiger partial charge >= 0.3 is 0 Å². The molecule has 1 aromatic heterocycles. The number of hydrogen-bond acceptors (Lipinski definition) is 5. The third-order valence-electron chi connectivity index (χ3n) is 6.88. The van der Waals surface area contributed by atoms with E-state index >= 15 is 0 Å². The van der Waals surface area contributed by atoms with Crippen LogP contribution in [0, 0.1) is 0 Å². The zero-order valence-corrected chi connectivity index (χ0v) is 20.9. The van der Waals surface area contributed by atoms with Gasteiger partial charge in [0, 0.05) is 11.7 Å². The van der Waals surface area contributed by atoms with E-state index in [1.165, 1.54) is 6.42 Å². The minimum absolute atomic E-state index is 0.0629. The van der Waals surface area contributed by atoms with Gasteiger partial charge in [-0.1, -0.05) is 66.9 Å². The Morgan fingerprint density at radius 2 is 1.76 bits per heavy atom. The number of carbonyl (C=O) groups excluding carboxylic acids is 2. The maximum atomic E-state index is 14.0. The van der Waals surface area contributed by atoms with E-state index in [9.17, 15) is 9.59 Å². The van der Waals surface area contributed by atoms with E-state index in [1.807, 2.05) is 78.9 Å². The van der Waals surface area contributed by atoms with Crippen molar-refractivity contribution < 1.29 is 14.3 Å². The predicted octanol–water partition coefficient (Wildman–Crippen LogP) is 4.66. The van der Waals surface area contributed by atoms with Crippen LogP contribution >= 0.6 is 0 Å². The number of amides is 2. The maximum Gasteiger partial charge on any atom is 0.249 e. The first kappa shape index (κ1) is 24.5. The Kier molecular flexibility index (Phi) is 7.44. The van der Waals surface area contributed by atoms with E-state index in [0.29, 0.717) is 22.5 Å². The van der Waals surface area contributed by atoms with Gasteiger partial charge in [0.1, 0.15) is 23.9 Å². The standard InChI is InChI=1S/C29H31N5O3/c1-37-24-16-10-11-21(19-24)28(29(36)30-22-12-4-2-5-13-22)34(23-14-6-3-7-15-23)27(35)20-33-26-18-9-8-17-25(26)31-32-33/h3,6-11,14-19,22,28H,2,4-5,12-13,20H2,1H3,(H,30,36)/t28-/m1/s1. The van der Waals surface area contributed by atoms with Crippen molar-refractivity contribution >= 4 is 28.5 Å². The van der Waals surface area contributed by atoms with Crippen LogP contribution in [0.2, 0.25) is 0 Å². The molecule has 1 atom stereocenters. The summed E-state index contributed by atoms with van der Waals surface area (Å²) in [5.74, 6) is 0.143. The molecule has 1 aliphatic rings. The molecule has 1 fully saturated rings. The Labute approximate surface area is 216 Å². The number of methoxy groups -OCH3 is 1. The monoisotopic (exact) mass is 497 g/mol. The number of benzene rings is 3. The summed E-state index contributed by atoms with van der Waals surface area (Å²) < 4.78 is 7.04. The van der Waals surface area contributed by atoms with Gasteiger partial charge in [-0.2, -0.15) is 0 Å². The Balaban J connectivity index is 1.55. The van der Waals surface area contributed by atoms with Crippen molar-refractivity contribution in [1.82, 2.24) is 20.3 Å². The molecule has 190 valence electrons. The van der Waals surface area contributed by atoms with Crippen molar-refractivity contribution in [3.63, 3.8) is 0 Å². The Morgan fingerprint density at radius 3 is 2.54 bits per heavy atom. The fourth-order valence-electron chi connectivity index (χ4n) is 5.02. The highest BCUT2D eigenvalue weighted by Gasteiger charge is 2.34. The summed E-state index contributed by atoms with van der Waals surface area (Å²) in [6, 6.07) is 23.4. The van der Waals surface area contributed by atoms with Crippen molar-refractivity contribution in [3.05, 3.63) is 84.4 Å².